The number of piperazine rings is 1. The van der Waals surface area contributed by atoms with Crippen molar-refractivity contribution in [3.8, 4) is 0 Å². The summed E-state index contributed by atoms with van der Waals surface area (Å²) in [7, 11) is 0. The molecular weight excluding hydrogens is 296 g/mol. The molecule has 1 aromatic carbocycles. The van der Waals surface area contributed by atoms with E-state index in [2.05, 4.69) is 36.1 Å². The number of rotatable bonds is 6. The number of aliphatic hydroxyl groups excluding tert-OH is 1. The molecule has 1 atom stereocenters. The van der Waals surface area contributed by atoms with E-state index in [1.54, 1.807) is 16.7 Å². The minimum atomic E-state index is -0.838. The van der Waals surface area contributed by atoms with Crippen LogP contribution in [0.25, 0.3) is 0 Å². The molecule has 2 rings (SSSR count). The fraction of sp³-hybridized carbons (Fsp3) is 0.588. The maximum atomic E-state index is 12.2. The van der Waals surface area contributed by atoms with Gasteiger partial charge < -0.3 is 10.0 Å². The topological polar surface area (TPSA) is 43.8 Å². The Balaban J connectivity index is 1.80. The Hall–Kier alpha value is -1.04. The van der Waals surface area contributed by atoms with Gasteiger partial charge in [0.15, 0.2) is 0 Å². The van der Waals surface area contributed by atoms with Gasteiger partial charge in [-0.1, -0.05) is 24.3 Å². The Labute approximate surface area is 137 Å². The molecule has 1 saturated heterocycles. The highest BCUT2D eigenvalue weighted by atomic mass is 32.2. The molecule has 1 aromatic rings. The number of amides is 1. The molecule has 0 aromatic heterocycles. The SMILES string of the molecule is CSCC[C@@H](O)C(=O)N1CCN(Cc2ccccc2C)CC1. The van der Waals surface area contributed by atoms with Gasteiger partial charge in [-0.15, -0.1) is 0 Å². The monoisotopic (exact) mass is 322 g/mol. The minimum absolute atomic E-state index is 0.107. The Bertz CT molecular complexity index is 487. The van der Waals surface area contributed by atoms with Gasteiger partial charge >= 0.3 is 0 Å². The van der Waals surface area contributed by atoms with E-state index in [1.165, 1.54) is 11.1 Å². The maximum Gasteiger partial charge on any atom is 0.251 e. The normalized spacial score (nSPS) is 17.5. The summed E-state index contributed by atoms with van der Waals surface area (Å²) in [5.74, 6) is 0.713. The number of carbonyl (C=O) groups is 1. The maximum absolute atomic E-state index is 12.2. The summed E-state index contributed by atoms with van der Waals surface area (Å²) in [5, 5.41) is 9.92. The third-order valence-electron chi connectivity index (χ3n) is 4.22. The number of benzene rings is 1. The van der Waals surface area contributed by atoms with Crippen molar-refractivity contribution in [2.75, 3.05) is 38.2 Å². The van der Waals surface area contributed by atoms with Crippen molar-refractivity contribution in [2.45, 2.75) is 26.0 Å². The highest BCUT2D eigenvalue weighted by molar-refractivity contribution is 7.98. The van der Waals surface area contributed by atoms with Crippen molar-refractivity contribution in [1.29, 1.82) is 0 Å². The number of aliphatic hydroxyl groups is 1. The van der Waals surface area contributed by atoms with Gasteiger partial charge in [-0.2, -0.15) is 11.8 Å². The average molecular weight is 322 g/mol. The molecule has 0 saturated carbocycles. The number of hydrogen-bond acceptors (Lipinski definition) is 4. The van der Waals surface area contributed by atoms with Crippen LogP contribution in [0.3, 0.4) is 0 Å². The van der Waals surface area contributed by atoms with Gasteiger partial charge in [-0.05, 0) is 36.5 Å². The molecular formula is C17H26N2O2S. The van der Waals surface area contributed by atoms with Crippen LogP contribution in [0, 0.1) is 6.92 Å². The van der Waals surface area contributed by atoms with E-state index in [0.29, 0.717) is 19.5 Å². The molecule has 1 aliphatic rings. The van der Waals surface area contributed by atoms with E-state index >= 15 is 0 Å². The zero-order chi connectivity index (χ0) is 15.9. The zero-order valence-electron chi connectivity index (χ0n) is 13.5. The summed E-state index contributed by atoms with van der Waals surface area (Å²) in [6, 6.07) is 8.44. The first-order chi connectivity index (χ1) is 10.6. The predicted molar refractivity (Wildman–Crippen MR) is 92.0 cm³/mol. The lowest BCUT2D eigenvalue weighted by molar-refractivity contribution is -0.142. The van der Waals surface area contributed by atoms with Gasteiger partial charge in [0.25, 0.3) is 5.91 Å². The number of hydrogen-bond donors (Lipinski definition) is 1. The van der Waals surface area contributed by atoms with E-state index in [0.717, 1.165) is 25.4 Å². The number of nitrogens with zero attached hydrogens (tertiary/aromatic N) is 2. The Morgan fingerprint density at radius 1 is 1.27 bits per heavy atom. The first-order valence-electron chi connectivity index (χ1n) is 7.84. The van der Waals surface area contributed by atoms with Crippen LogP contribution in [-0.4, -0.2) is 65.1 Å². The van der Waals surface area contributed by atoms with Crippen LogP contribution in [0.4, 0.5) is 0 Å². The first-order valence-corrected chi connectivity index (χ1v) is 9.24. The smallest absolute Gasteiger partial charge is 0.251 e. The summed E-state index contributed by atoms with van der Waals surface area (Å²) < 4.78 is 0. The van der Waals surface area contributed by atoms with Crippen LogP contribution >= 0.6 is 11.8 Å². The Kier molecular flexibility index (Phi) is 6.73. The molecule has 0 radical (unpaired) electrons. The second kappa shape index (κ2) is 8.56. The van der Waals surface area contributed by atoms with Gasteiger partial charge in [0.1, 0.15) is 6.10 Å². The third-order valence-corrected chi connectivity index (χ3v) is 4.86. The molecule has 22 heavy (non-hydrogen) atoms. The summed E-state index contributed by atoms with van der Waals surface area (Å²) in [5.41, 5.74) is 2.66. The molecule has 122 valence electrons. The lowest BCUT2D eigenvalue weighted by Gasteiger charge is -2.35. The quantitative estimate of drug-likeness (QED) is 0.867. The van der Waals surface area contributed by atoms with Crippen LogP contribution in [0.15, 0.2) is 24.3 Å². The van der Waals surface area contributed by atoms with Gasteiger partial charge in [-0.3, -0.25) is 9.69 Å². The fourth-order valence-electron chi connectivity index (χ4n) is 2.72. The second-order valence-electron chi connectivity index (χ2n) is 5.83. The van der Waals surface area contributed by atoms with Gasteiger partial charge in [-0.25, -0.2) is 0 Å². The molecule has 1 N–H and O–H groups in total. The molecule has 1 amide bonds. The summed E-state index contributed by atoms with van der Waals surface area (Å²) in [6.07, 6.45) is 1.70. The van der Waals surface area contributed by atoms with Crippen molar-refractivity contribution >= 4 is 17.7 Å². The highest BCUT2D eigenvalue weighted by Crippen LogP contribution is 2.13. The average Bonchev–Trinajstić information content (AvgIpc) is 2.55. The van der Waals surface area contributed by atoms with Crippen molar-refractivity contribution in [3.05, 3.63) is 35.4 Å². The highest BCUT2D eigenvalue weighted by Gasteiger charge is 2.25. The van der Waals surface area contributed by atoms with Gasteiger partial charge in [0, 0.05) is 32.7 Å². The molecule has 0 unspecified atom stereocenters. The van der Waals surface area contributed by atoms with Crippen LogP contribution in [0.2, 0.25) is 0 Å². The number of carbonyl (C=O) groups excluding carboxylic acids is 1. The Morgan fingerprint density at radius 2 is 1.95 bits per heavy atom. The lowest BCUT2D eigenvalue weighted by atomic mass is 10.1. The van der Waals surface area contributed by atoms with E-state index < -0.39 is 6.10 Å². The second-order valence-corrected chi connectivity index (χ2v) is 6.81. The Morgan fingerprint density at radius 3 is 2.59 bits per heavy atom. The summed E-state index contributed by atoms with van der Waals surface area (Å²) >= 11 is 1.66. The zero-order valence-corrected chi connectivity index (χ0v) is 14.3. The van der Waals surface area contributed by atoms with E-state index in [9.17, 15) is 9.90 Å². The van der Waals surface area contributed by atoms with Crippen molar-refractivity contribution in [2.24, 2.45) is 0 Å². The van der Waals surface area contributed by atoms with Crippen molar-refractivity contribution < 1.29 is 9.90 Å². The summed E-state index contributed by atoms with van der Waals surface area (Å²) in [4.78, 5) is 16.4. The molecule has 0 bridgehead atoms. The van der Waals surface area contributed by atoms with Gasteiger partial charge in [0.05, 0.1) is 0 Å². The molecule has 0 spiro atoms. The largest absolute Gasteiger partial charge is 0.383 e. The molecule has 1 fully saturated rings. The van der Waals surface area contributed by atoms with Crippen molar-refractivity contribution in [3.63, 3.8) is 0 Å². The number of thioether (sulfide) groups is 1. The fourth-order valence-corrected chi connectivity index (χ4v) is 3.18. The molecule has 0 aliphatic carbocycles. The molecule has 4 nitrogen and oxygen atoms in total. The van der Waals surface area contributed by atoms with Crippen LogP contribution in [0.1, 0.15) is 17.5 Å². The van der Waals surface area contributed by atoms with E-state index in [1.807, 2.05) is 6.26 Å². The van der Waals surface area contributed by atoms with Crippen molar-refractivity contribution in [1.82, 2.24) is 9.80 Å². The van der Waals surface area contributed by atoms with Crippen LogP contribution in [0.5, 0.6) is 0 Å². The molecule has 1 heterocycles. The number of aryl methyl sites for hydroxylation is 1. The van der Waals surface area contributed by atoms with E-state index in [-0.39, 0.29) is 5.91 Å². The first kappa shape index (κ1) is 17.3. The predicted octanol–water partition coefficient (Wildman–Crippen LogP) is 1.75. The molecule has 5 heteroatoms. The standard InChI is InChI=1S/C17H26N2O2S/c1-14-5-3-4-6-15(14)13-18-8-10-19(11-9-18)17(21)16(20)7-12-22-2/h3-6,16,20H,7-13H2,1-2H3/t16-/m1/s1. The lowest BCUT2D eigenvalue weighted by Crippen LogP contribution is -2.51. The van der Waals surface area contributed by atoms with Crippen LogP contribution < -0.4 is 0 Å². The van der Waals surface area contributed by atoms with E-state index in [4.69, 9.17) is 0 Å². The van der Waals surface area contributed by atoms with Gasteiger partial charge in [0.2, 0.25) is 0 Å². The minimum Gasteiger partial charge on any atom is -0.383 e. The van der Waals surface area contributed by atoms with Crippen LogP contribution in [-0.2, 0) is 11.3 Å². The summed E-state index contributed by atoms with van der Waals surface area (Å²) in [6.45, 7) is 6.23. The third kappa shape index (κ3) is 4.73. The molecule has 1 aliphatic heterocycles.